The van der Waals surface area contributed by atoms with E-state index in [-0.39, 0.29) is 23.7 Å². The molecule has 0 aromatic heterocycles. The monoisotopic (exact) mass is 333 g/mol. The summed E-state index contributed by atoms with van der Waals surface area (Å²) < 4.78 is 5.61. The first-order valence-corrected chi connectivity index (χ1v) is 7.90. The van der Waals surface area contributed by atoms with Crippen molar-refractivity contribution in [3.05, 3.63) is 46.6 Å². The van der Waals surface area contributed by atoms with E-state index < -0.39 is 0 Å². The van der Waals surface area contributed by atoms with E-state index in [1.165, 1.54) is 6.20 Å². The standard InChI is InChI=1S/C17H20ClN3O2/c1-12-10-21(11-13(2)23-12)17(22)15(7-19)9-20-8-14-3-5-16(18)6-4-14/h3-6,9,12-13,20H,8,10-11H2,1-2H3/b15-9-. The number of rotatable bonds is 4. The molecule has 0 saturated carbocycles. The molecule has 1 aromatic rings. The van der Waals surface area contributed by atoms with Crippen LogP contribution in [-0.2, 0) is 16.1 Å². The number of halogens is 1. The molecule has 5 nitrogen and oxygen atoms in total. The molecule has 1 aliphatic rings. The minimum atomic E-state index is -0.266. The molecule has 6 heteroatoms. The molecule has 1 fully saturated rings. The normalized spacial score (nSPS) is 21.7. The summed E-state index contributed by atoms with van der Waals surface area (Å²) in [7, 11) is 0. The number of nitrogens with zero attached hydrogens (tertiary/aromatic N) is 2. The van der Waals surface area contributed by atoms with E-state index in [1.54, 1.807) is 17.0 Å². The summed E-state index contributed by atoms with van der Waals surface area (Å²) in [6, 6.07) is 9.35. The number of benzene rings is 1. The first-order chi connectivity index (χ1) is 11.0. The number of nitrogens with one attached hydrogen (secondary N) is 1. The number of amides is 1. The van der Waals surface area contributed by atoms with Gasteiger partial charge in [-0.3, -0.25) is 4.79 Å². The average molecular weight is 334 g/mol. The van der Waals surface area contributed by atoms with Gasteiger partial charge in [0.25, 0.3) is 5.91 Å². The summed E-state index contributed by atoms with van der Waals surface area (Å²) in [6.45, 7) is 5.36. The van der Waals surface area contributed by atoms with Crippen molar-refractivity contribution in [3.63, 3.8) is 0 Å². The summed E-state index contributed by atoms with van der Waals surface area (Å²) in [6.07, 6.45) is 1.43. The predicted octanol–water partition coefficient (Wildman–Crippen LogP) is 2.47. The molecule has 122 valence electrons. The second-order valence-corrected chi connectivity index (χ2v) is 6.08. The van der Waals surface area contributed by atoms with Crippen LogP contribution in [0.1, 0.15) is 19.4 Å². The van der Waals surface area contributed by atoms with Crippen LogP contribution in [0.3, 0.4) is 0 Å². The Balaban J connectivity index is 1.96. The van der Waals surface area contributed by atoms with E-state index in [0.717, 1.165) is 5.56 Å². The average Bonchev–Trinajstić information content (AvgIpc) is 2.52. The lowest BCUT2D eigenvalue weighted by Gasteiger charge is -2.35. The van der Waals surface area contributed by atoms with Crippen molar-refractivity contribution >= 4 is 17.5 Å². The summed E-state index contributed by atoms with van der Waals surface area (Å²) >= 11 is 5.83. The van der Waals surface area contributed by atoms with Gasteiger partial charge in [-0.1, -0.05) is 23.7 Å². The minimum absolute atomic E-state index is 0.0235. The van der Waals surface area contributed by atoms with E-state index in [4.69, 9.17) is 16.3 Å². The molecule has 0 radical (unpaired) electrons. The molecular formula is C17H20ClN3O2. The van der Waals surface area contributed by atoms with Gasteiger partial charge in [-0.25, -0.2) is 0 Å². The Hall–Kier alpha value is -2.03. The molecule has 23 heavy (non-hydrogen) atoms. The van der Waals surface area contributed by atoms with Crippen molar-refractivity contribution in [1.82, 2.24) is 10.2 Å². The van der Waals surface area contributed by atoms with Crippen LogP contribution in [-0.4, -0.2) is 36.1 Å². The number of morpholine rings is 1. The van der Waals surface area contributed by atoms with Gasteiger partial charge in [-0.05, 0) is 31.5 Å². The number of nitriles is 1. The van der Waals surface area contributed by atoms with E-state index in [9.17, 15) is 10.1 Å². The van der Waals surface area contributed by atoms with Crippen molar-refractivity contribution < 1.29 is 9.53 Å². The Kier molecular flexibility index (Phi) is 6.03. The summed E-state index contributed by atoms with van der Waals surface area (Å²) in [4.78, 5) is 14.1. The van der Waals surface area contributed by atoms with E-state index in [2.05, 4.69) is 5.32 Å². The number of carbonyl (C=O) groups excluding carboxylic acids is 1. The molecule has 0 bridgehead atoms. The molecular weight excluding hydrogens is 314 g/mol. The first kappa shape index (κ1) is 17.3. The smallest absolute Gasteiger partial charge is 0.266 e. The van der Waals surface area contributed by atoms with Crippen molar-refractivity contribution in [2.45, 2.75) is 32.6 Å². The van der Waals surface area contributed by atoms with Gasteiger partial charge in [0.2, 0.25) is 0 Å². The highest BCUT2D eigenvalue weighted by Gasteiger charge is 2.27. The largest absolute Gasteiger partial charge is 0.386 e. The fourth-order valence-electron chi connectivity index (χ4n) is 2.53. The Morgan fingerprint density at radius 1 is 1.39 bits per heavy atom. The number of carbonyl (C=O) groups is 1. The summed E-state index contributed by atoms with van der Waals surface area (Å²) in [5.41, 5.74) is 1.12. The van der Waals surface area contributed by atoms with E-state index in [1.807, 2.05) is 32.0 Å². The molecule has 2 rings (SSSR count). The molecule has 0 spiro atoms. The van der Waals surface area contributed by atoms with Crippen molar-refractivity contribution in [3.8, 4) is 6.07 Å². The highest BCUT2D eigenvalue weighted by Crippen LogP contribution is 2.13. The molecule has 1 aromatic carbocycles. The SMILES string of the molecule is CC1CN(C(=O)/C(C#N)=C\NCc2ccc(Cl)cc2)CC(C)O1. The highest BCUT2D eigenvalue weighted by atomic mass is 35.5. The van der Waals surface area contributed by atoms with Crippen LogP contribution in [0.25, 0.3) is 0 Å². The second-order valence-electron chi connectivity index (χ2n) is 5.64. The Morgan fingerprint density at radius 2 is 2.00 bits per heavy atom. The number of ether oxygens (including phenoxy) is 1. The maximum atomic E-state index is 12.4. The predicted molar refractivity (Wildman–Crippen MR) is 88.6 cm³/mol. The third-order valence-electron chi connectivity index (χ3n) is 3.52. The lowest BCUT2D eigenvalue weighted by atomic mass is 10.2. The number of hydrogen-bond donors (Lipinski definition) is 1. The summed E-state index contributed by atoms with van der Waals surface area (Å²) in [5, 5.41) is 12.9. The molecule has 1 aliphatic heterocycles. The molecule has 1 amide bonds. The van der Waals surface area contributed by atoms with Gasteiger partial charge in [0, 0.05) is 30.9 Å². The van der Waals surface area contributed by atoms with Crippen molar-refractivity contribution in [2.24, 2.45) is 0 Å². The van der Waals surface area contributed by atoms with E-state index in [0.29, 0.717) is 24.7 Å². The Bertz CT molecular complexity index is 612. The lowest BCUT2D eigenvalue weighted by molar-refractivity contribution is -0.138. The van der Waals surface area contributed by atoms with Gasteiger partial charge in [0.1, 0.15) is 11.6 Å². The zero-order valence-corrected chi connectivity index (χ0v) is 14.0. The maximum absolute atomic E-state index is 12.4. The molecule has 1 N–H and O–H groups in total. The van der Waals surface area contributed by atoms with Crippen LogP contribution in [0, 0.1) is 11.3 Å². The zero-order chi connectivity index (χ0) is 16.8. The third kappa shape index (κ3) is 4.98. The van der Waals surface area contributed by atoms with Crippen molar-refractivity contribution in [1.29, 1.82) is 5.26 Å². The zero-order valence-electron chi connectivity index (χ0n) is 13.3. The molecule has 0 aliphatic carbocycles. The molecule has 2 atom stereocenters. The minimum Gasteiger partial charge on any atom is -0.386 e. The first-order valence-electron chi connectivity index (χ1n) is 7.52. The van der Waals surface area contributed by atoms with Gasteiger partial charge >= 0.3 is 0 Å². The van der Waals surface area contributed by atoms with Gasteiger partial charge in [-0.15, -0.1) is 0 Å². The highest BCUT2D eigenvalue weighted by molar-refractivity contribution is 6.30. The van der Waals surface area contributed by atoms with Crippen LogP contribution >= 0.6 is 11.6 Å². The van der Waals surface area contributed by atoms with Gasteiger partial charge in [-0.2, -0.15) is 5.26 Å². The van der Waals surface area contributed by atoms with Crippen molar-refractivity contribution in [2.75, 3.05) is 13.1 Å². The Morgan fingerprint density at radius 3 is 2.57 bits per heavy atom. The van der Waals surface area contributed by atoms with Crippen LogP contribution in [0.5, 0.6) is 0 Å². The summed E-state index contributed by atoms with van der Waals surface area (Å²) in [5.74, 6) is -0.266. The van der Waals surface area contributed by atoms with Crippen LogP contribution in [0.15, 0.2) is 36.0 Å². The lowest BCUT2D eigenvalue weighted by Crippen LogP contribution is -2.48. The number of hydrogen-bond acceptors (Lipinski definition) is 4. The molecule has 1 heterocycles. The van der Waals surface area contributed by atoms with Crippen LogP contribution in [0.4, 0.5) is 0 Å². The maximum Gasteiger partial charge on any atom is 0.266 e. The molecule has 1 saturated heterocycles. The van der Waals surface area contributed by atoms with Gasteiger partial charge in [0.15, 0.2) is 0 Å². The third-order valence-corrected chi connectivity index (χ3v) is 3.78. The van der Waals surface area contributed by atoms with Gasteiger partial charge < -0.3 is 15.0 Å². The molecule has 2 unspecified atom stereocenters. The van der Waals surface area contributed by atoms with E-state index >= 15 is 0 Å². The Labute approximate surface area is 141 Å². The quantitative estimate of drug-likeness (QED) is 0.679. The van der Waals surface area contributed by atoms with Crippen LogP contribution in [0.2, 0.25) is 5.02 Å². The van der Waals surface area contributed by atoms with Gasteiger partial charge in [0.05, 0.1) is 12.2 Å². The van der Waals surface area contributed by atoms with Crippen LogP contribution < -0.4 is 5.32 Å². The fourth-order valence-corrected chi connectivity index (χ4v) is 2.66. The second kappa shape index (κ2) is 8.00. The topological polar surface area (TPSA) is 65.4 Å². The fraction of sp³-hybridized carbons (Fsp3) is 0.412.